The molecule has 178 valence electrons. The van der Waals surface area contributed by atoms with Crippen LogP contribution in [-0.2, 0) is 16.0 Å². The van der Waals surface area contributed by atoms with Gasteiger partial charge in [-0.25, -0.2) is 0 Å². The van der Waals surface area contributed by atoms with E-state index in [9.17, 15) is 29.7 Å². The van der Waals surface area contributed by atoms with E-state index in [1.54, 1.807) is 13.8 Å². The van der Waals surface area contributed by atoms with E-state index < -0.39 is 39.5 Å². The monoisotopic (exact) mass is 462 g/mol. The molecular weight excluding hydrogens is 432 g/mol. The summed E-state index contributed by atoms with van der Waals surface area (Å²) in [7, 11) is 0. The van der Waals surface area contributed by atoms with Crippen molar-refractivity contribution in [2.45, 2.75) is 71.3 Å². The van der Waals surface area contributed by atoms with Crippen LogP contribution in [0.4, 0.5) is 0 Å². The fraction of sp³-hybridized carbons (Fsp3) is 0.464. The Balaban J connectivity index is 1.76. The first-order valence-electron chi connectivity index (χ1n) is 11.8. The molecule has 0 aromatic heterocycles. The van der Waals surface area contributed by atoms with Gasteiger partial charge in [0, 0.05) is 22.3 Å². The van der Waals surface area contributed by atoms with E-state index in [1.807, 2.05) is 13.0 Å². The SMILES string of the molecule is CC(=O)C1=C(C)C[C@@]2(C)C[C@@]3(C)Cc4c(C5C=CCC5)ccc(O)c4C(=O)C3=C(O)[C@@]2(O)C1=O. The molecule has 6 heteroatoms. The van der Waals surface area contributed by atoms with E-state index in [2.05, 4.69) is 12.2 Å². The summed E-state index contributed by atoms with van der Waals surface area (Å²) in [5.41, 5.74) is -2.00. The van der Waals surface area contributed by atoms with Crippen molar-refractivity contribution >= 4 is 17.3 Å². The van der Waals surface area contributed by atoms with Gasteiger partial charge < -0.3 is 15.3 Å². The Hall–Kier alpha value is -2.99. The number of phenolic OH excluding ortho intramolecular Hbond substituents is 1. The summed E-state index contributed by atoms with van der Waals surface area (Å²) in [6.45, 7) is 6.60. The molecule has 4 atom stereocenters. The average Bonchev–Trinajstić information content (AvgIpc) is 3.24. The number of Topliss-reactive ketones (excluding diaryl/α,β-unsaturated/α-hetero) is 3. The van der Waals surface area contributed by atoms with Crippen molar-refractivity contribution in [2.24, 2.45) is 10.8 Å². The van der Waals surface area contributed by atoms with Crippen LogP contribution in [0.1, 0.15) is 80.8 Å². The maximum Gasteiger partial charge on any atom is 0.206 e. The number of aromatic hydroxyl groups is 1. The van der Waals surface area contributed by atoms with Crippen molar-refractivity contribution in [3.8, 4) is 5.75 Å². The molecule has 1 aromatic rings. The van der Waals surface area contributed by atoms with E-state index in [-0.39, 0.29) is 41.2 Å². The summed E-state index contributed by atoms with van der Waals surface area (Å²) >= 11 is 0. The topological polar surface area (TPSA) is 112 Å². The fourth-order valence-electron chi connectivity index (χ4n) is 7.29. The van der Waals surface area contributed by atoms with Crippen molar-refractivity contribution in [3.05, 3.63) is 63.5 Å². The zero-order chi connectivity index (χ0) is 24.8. The van der Waals surface area contributed by atoms with Crippen LogP contribution in [-0.4, -0.2) is 38.3 Å². The number of aliphatic hydroxyl groups is 2. The predicted molar refractivity (Wildman–Crippen MR) is 126 cm³/mol. The van der Waals surface area contributed by atoms with Crippen molar-refractivity contribution in [2.75, 3.05) is 0 Å². The normalized spacial score (nSPS) is 34.8. The molecule has 34 heavy (non-hydrogen) atoms. The van der Waals surface area contributed by atoms with E-state index in [4.69, 9.17) is 0 Å². The molecule has 3 N–H and O–H groups in total. The maximum atomic E-state index is 13.9. The number of carbonyl (C=O) groups is 3. The smallest absolute Gasteiger partial charge is 0.206 e. The van der Waals surface area contributed by atoms with Crippen LogP contribution < -0.4 is 0 Å². The molecule has 1 aromatic carbocycles. The number of benzene rings is 1. The van der Waals surface area contributed by atoms with Crippen LogP contribution in [0, 0.1) is 10.8 Å². The van der Waals surface area contributed by atoms with Gasteiger partial charge in [-0.15, -0.1) is 0 Å². The van der Waals surface area contributed by atoms with Crippen LogP contribution in [0.2, 0.25) is 0 Å². The summed E-state index contributed by atoms with van der Waals surface area (Å²) in [5, 5.41) is 33.9. The number of fused-ring (bicyclic) bond motifs is 3. The minimum absolute atomic E-state index is 0.0369. The molecule has 0 heterocycles. The molecule has 0 radical (unpaired) electrons. The molecular formula is C28H30O6. The first kappa shape index (κ1) is 22.8. The minimum atomic E-state index is -2.38. The highest BCUT2D eigenvalue weighted by atomic mass is 16.3. The van der Waals surface area contributed by atoms with Gasteiger partial charge in [-0.05, 0) is 63.1 Å². The lowest BCUT2D eigenvalue weighted by atomic mass is 9.48. The summed E-state index contributed by atoms with van der Waals surface area (Å²) in [6.07, 6.45) is 7.03. The van der Waals surface area contributed by atoms with Crippen molar-refractivity contribution in [3.63, 3.8) is 0 Å². The summed E-state index contributed by atoms with van der Waals surface area (Å²) in [4.78, 5) is 39.6. The van der Waals surface area contributed by atoms with Crippen LogP contribution >= 0.6 is 0 Å². The van der Waals surface area contributed by atoms with E-state index in [1.165, 1.54) is 13.0 Å². The Morgan fingerprint density at radius 2 is 1.82 bits per heavy atom. The Morgan fingerprint density at radius 1 is 1.12 bits per heavy atom. The molecule has 0 saturated carbocycles. The third kappa shape index (κ3) is 2.69. The van der Waals surface area contributed by atoms with E-state index in [0.717, 1.165) is 24.0 Å². The van der Waals surface area contributed by atoms with Gasteiger partial charge in [0.05, 0.1) is 11.1 Å². The lowest BCUT2D eigenvalue weighted by Gasteiger charge is -2.56. The molecule has 4 aliphatic rings. The summed E-state index contributed by atoms with van der Waals surface area (Å²) in [6, 6.07) is 3.38. The summed E-state index contributed by atoms with van der Waals surface area (Å²) in [5.74, 6) is -2.60. The Kier molecular flexibility index (Phi) is 4.70. The second-order valence-electron chi connectivity index (χ2n) is 11.1. The van der Waals surface area contributed by atoms with Gasteiger partial charge in [0.15, 0.2) is 17.2 Å². The minimum Gasteiger partial charge on any atom is -0.508 e. The highest BCUT2D eigenvalue weighted by Crippen LogP contribution is 2.62. The molecule has 1 unspecified atom stereocenters. The van der Waals surface area contributed by atoms with Crippen LogP contribution in [0.25, 0.3) is 0 Å². The van der Waals surface area contributed by atoms with Crippen molar-refractivity contribution in [1.82, 2.24) is 0 Å². The number of ketones is 3. The van der Waals surface area contributed by atoms with Gasteiger partial charge in [-0.1, -0.05) is 37.6 Å². The standard InChI is InChI=1S/C28H30O6/c1-14-11-27(4)13-26(3)12-18-17(16-7-5-6-8-16)9-10-19(30)21(18)23(31)22(26)25(33)28(27,34)24(32)20(14)15(2)29/h5,7,9-10,16,30,33-34H,6,8,11-13H2,1-4H3/t16?,26-,27+,28+/m1/s1. The fourth-order valence-corrected chi connectivity index (χ4v) is 7.29. The Morgan fingerprint density at radius 3 is 2.44 bits per heavy atom. The molecule has 0 saturated heterocycles. The molecule has 0 bridgehead atoms. The first-order chi connectivity index (χ1) is 15.9. The molecule has 4 aliphatic carbocycles. The number of hydrogen-bond donors (Lipinski definition) is 3. The average molecular weight is 463 g/mol. The van der Waals surface area contributed by atoms with Crippen LogP contribution in [0.15, 0.2) is 46.8 Å². The second-order valence-corrected chi connectivity index (χ2v) is 11.1. The van der Waals surface area contributed by atoms with Gasteiger partial charge in [-0.3, -0.25) is 14.4 Å². The third-order valence-corrected chi connectivity index (χ3v) is 8.59. The highest BCUT2D eigenvalue weighted by molar-refractivity contribution is 6.25. The molecule has 0 fully saturated rings. The van der Waals surface area contributed by atoms with Gasteiger partial charge in [0.2, 0.25) is 5.78 Å². The Labute approximate surface area is 198 Å². The van der Waals surface area contributed by atoms with E-state index >= 15 is 0 Å². The molecule has 5 rings (SSSR count). The molecule has 0 spiro atoms. The first-order valence-corrected chi connectivity index (χ1v) is 11.8. The number of rotatable bonds is 2. The number of carbonyl (C=O) groups excluding carboxylic acids is 3. The number of aliphatic hydroxyl groups excluding tert-OH is 1. The Bertz CT molecular complexity index is 1280. The predicted octanol–water partition coefficient (Wildman–Crippen LogP) is 4.40. The molecule has 6 nitrogen and oxygen atoms in total. The molecule has 0 aliphatic heterocycles. The van der Waals surface area contributed by atoms with Gasteiger partial charge in [-0.2, -0.15) is 0 Å². The van der Waals surface area contributed by atoms with Gasteiger partial charge in [0.1, 0.15) is 11.5 Å². The third-order valence-electron chi connectivity index (χ3n) is 8.59. The van der Waals surface area contributed by atoms with Crippen molar-refractivity contribution < 1.29 is 29.7 Å². The second kappa shape index (κ2) is 7.01. The summed E-state index contributed by atoms with van der Waals surface area (Å²) < 4.78 is 0. The van der Waals surface area contributed by atoms with Crippen molar-refractivity contribution in [1.29, 1.82) is 0 Å². The zero-order valence-electron chi connectivity index (χ0n) is 20.0. The van der Waals surface area contributed by atoms with Crippen LogP contribution in [0.3, 0.4) is 0 Å². The number of phenols is 1. The quantitative estimate of drug-likeness (QED) is 0.444. The number of hydrogen-bond acceptors (Lipinski definition) is 6. The lowest BCUT2D eigenvalue weighted by molar-refractivity contribution is -0.157. The molecule has 0 amide bonds. The van der Waals surface area contributed by atoms with E-state index in [0.29, 0.717) is 12.0 Å². The maximum absolute atomic E-state index is 13.9. The largest absolute Gasteiger partial charge is 0.508 e. The number of allylic oxidation sites excluding steroid dienone is 4. The van der Waals surface area contributed by atoms with Crippen LogP contribution in [0.5, 0.6) is 5.75 Å². The zero-order valence-corrected chi connectivity index (χ0v) is 20.0. The van der Waals surface area contributed by atoms with Gasteiger partial charge in [0.25, 0.3) is 0 Å². The van der Waals surface area contributed by atoms with Gasteiger partial charge >= 0.3 is 0 Å². The lowest BCUT2D eigenvalue weighted by Crippen LogP contribution is -2.63. The highest BCUT2D eigenvalue weighted by Gasteiger charge is 2.67.